The van der Waals surface area contributed by atoms with E-state index >= 15 is 0 Å². The molecule has 2 aromatic rings. The molecule has 0 aromatic heterocycles. The van der Waals surface area contributed by atoms with Crippen molar-refractivity contribution in [3.63, 3.8) is 0 Å². The van der Waals surface area contributed by atoms with Crippen molar-refractivity contribution in [3.05, 3.63) is 65.2 Å². The molecule has 4 heteroatoms. The predicted molar refractivity (Wildman–Crippen MR) is 84.8 cm³/mol. The Kier molecular flexibility index (Phi) is 5.76. The SMILES string of the molecule is CNC(CSc1ccc(C)cc1)Cc1c(F)cccc1F. The van der Waals surface area contributed by atoms with Gasteiger partial charge in [0.25, 0.3) is 0 Å². The van der Waals surface area contributed by atoms with Crippen LogP contribution in [0.5, 0.6) is 0 Å². The molecule has 2 rings (SSSR count). The first-order valence-electron chi connectivity index (χ1n) is 6.89. The maximum Gasteiger partial charge on any atom is 0.129 e. The standard InChI is InChI=1S/C17H19F2NS/c1-12-6-8-14(9-7-12)21-11-13(20-2)10-15-16(18)4-3-5-17(15)19/h3-9,13,20H,10-11H2,1-2H3. The van der Waals surface area contributed by atoms with Crippen LogP contribution in [-0.4, -0.2) is 18.8 Å². The Morgan fingerprint density at radius 2 is 1.67 bits per heavy atom. The Balaban J connectivity index is 1.98. The number of hydrogen-bond donors (Lipinski definition) is 1. The molecule has 0 fully saturated rings. The summed E-state index contributed by atoms with van der Waals surface area (Å²) in [6.07, 6.45) is 0.341. The number of hydrogen-bond acceptors (Lipinski definition) is 2. The van der Waals surface area contributed by atoms with Gasteiger partial charge >= 0.3 is 0 Å². The Hall–Kier alpha value is -1.39. The van der Waals surface area contributed by atoms with Crippen molar-refractivity contribution in [2.45, 2.75) is 24.3 Å². The minimum absolute atomic E-state index is 0.0164. The third-order valence-electron chi connectivity index (χ3n) is 3.39. The topological polar surface area (TPSA) is 12.0 Å². The van der Waals surface area contributed by atoms with E-state index in [4.69, 9.17) is 0 Å². The zero-order valence-electron chi connectivity index (χ0n) is 12.2. The molecule has 1 N–H and O–H groups in total. The van der Waals surface area contributed by atoms with Gasteiger partial charge in [-0.1, -0.05) is 23.8 Å². The van der Waals surface area contributed by atoms with E-state index in [1.165, 1.54) is 23.8 Å². The number of aryl methyl sites for hydroxylation is 1. The van der Waals surface area contributed by atoms with Crippen LogP contribution in [0.1, 0.15) is 11.1 Å². The third kappa shape index (κ3) is 4.55. The van der Waals surface area contributed by atoms with Gasteiger partial charge in [-0.3, -0.25) is 0 Å². The van der Waals surface area contributed by atoms with Gasteiger partial charge < -0.3 is 5.32 Å². The molecule has 0 amide bonds. The van der Waals surface area contributed by atoms with Gasteiger partial charge in [0.2, 0.25) is 0 Å². The maximum absolute atomic E-state index is 13.7. The minimum Gasteiger partial charge on any atom is -0.316 e. The van der Waals surface area contributed by atoms with Crippen LogP contribution in [0.2, 0.25) is 0 Å². The molecular weight excluding hydrogens is 288 g/mol. The lowest BCUT2D eigenvalue weighted by molar-refractivity contribution is 0.524. The van der Waals surface area contributed by atoms with E-state index in [0.717, 1.165) is 10.6 Å². The van der Waals surface area contributed by atoms with E-state index in [1.807, 2.05) is 14.0 Å². The van der Waals surface area contributed by atoms with Crippen LogP contribution in [0.4, 0.5) is 8.78 Å². The molecule has 0 saturated heterocycles. The monoisotopic (exact) mass is 307 g/mol. The average Bonchev–Trinajstić information content (AvgIpc) is 2.48. The van der Waals surface area contributed by atoms with Gasteiger partial charge in [0.1, 0.15) is 11.6 Å². The Morgan fingerprint density at radius 3 is 2.24 bits per heavy atom. The summed E-state index contributed by atoms with van der Waals surface area (Å²) in [5.74, 6) is -0.195. The zero-order chi connectivity index (χ0) is 15.2. The lowest BCUT2D eigenvalue weighted by Crippen LogP contribution is -2.30. The largest absolute Gasteiger partial charge is 0.316 e. The first-order valence-corrected chi connectivity index (χ1v) is 7.88. The normalized spacial score (nSPS) is 12.4. The molecule has 1 atom stereocenters. The van der Waals surface area contributed by atoms with E-state index < -0.39 is 11.6 Å². The predicted octanol–water partition coefficient (Wildman–Crippen LogP) is 4.20. The van der Waals surface area contributed by atoms with Gasteiger partial charge in [-0.2, -0.15) is 0 Å². The fourth-order valence-corrected chi connectivity index (χ4v) is 3.06. The van der Waals surface area contributed by atoms with E-state index in [9.17, 15) is 8.78 Å². The highest BCUT2D eigenvalue weighted by Crippen LogP contribution is 2.21. The smallest absolute Gasteiger partial charge is 0.129 e. The number of nitrogens with one attached hydrogen (secondary N) is 1. The van der Waals surface area contributed by atoms with E-state index in [1.54, 1.807) is 11.8 Å². The quantitative estimate of drug-likeness (QED) is 0.803. The Bertz CT molecular complexity index is 564. The molecule has 0 aliphatic carbocycles. The molecule has 21 heavy (non-hydrogen) atoms. The lowest BCUT2D eigenvalue weighted by atomic mass is 10.1. The molecule has 1 unspecified atom stereocenters. The number of likely N-dealkylation sites (N-methyl/N-ethyl adjacent to an activating group) is 1. The zero-order valence-corrected chi connectivity index (χ0v) is 13.0. The van der Waals surface area contributed by atoms with Gasteiger partial charge in [0.15, 0.2) is 0 Å². The van der Waals surface area contributed by atoms with Gasteiger partial charge in [-0.15, -0.1) is 11.8 Å². The van der Waals surface area contributed by atoms with E-state index in [-0.39, 0.29) is 11.6 Å². The Morgan fingerprint density at radius 1 is 1.05 bits per heavy atom. The first-order chi connectivity index (χ1) is 10.1. The van der Waals surface area contributed by atoms with Crippen molar-refractivity contribution >= 4 is 11.8 Å². The van der Waals surface area contributed by atoms with Gasteiger partial charge in [-0.25, -0.2) is 8.78 Å². The lowest BCUT2D eigenvalue weighted by Gasteiger charge is -2.16. The summed E-state index contributed by atoms with van der Waals surface area (Å²) >= 11 is 1.69. The molecule has 0 aliphatic rings. The molecule has 0 heterocycles. The summed E-state index contributed by atoms with van der Waals surface area (Å²) in [7, 11) is 1.82. The van der Waals surface area contributed by atoms with Crippen molar-refractivity contribution in [3.8, 4) is 0 Å². The highest BCUT2D eigenvalue weighted by Gasteiger charge is 2.14. The van der Waals surface area contributed by atoms with Crippen molar-refractivity contribution in [1.82, 2.24) is 5.32 Å². The molecule has 0 spiro atoms. The minimum atomic E-state index is -0.476. The molecule has 2 aromatic carbocycles. The van der Waals surface area contributed by atoms with Crippen molar-refractivity contribution in [1.29, 1.82) is 0 Å². The van der Waals surface area contributed by atoms with Crippen LogP contribution in [0.15, 0.2) is 47.4 Å². The summed E-state index contributed by atoms with van der Waals surface area (Å²) in [5.41, 5.74) is 1.37. The summed E-state index contributed by atoms with van der Waals surface area (Å²) in [4.78, 5) is 1.16. The number of thioether (sulfide) groups is 1. The number of halogens is 2. The summed E-state index contributed by atoms with van der Waals surface area (Å²) < 4.78 is 27.4. The van der Waals surface area contributed by atoms with Crippen molar-refractivity contribution < 1.29 is 8.78 Å². The molecule has 0 bridgehead atoms. The number of benzene rings is 2. The van der Waals surface area contributed by atoms with Gasteiger partial charge in [-0.05, 0) is 44.7 Å². The van der Waals surface area contributed by atoms with Crippen LogP contribution in [0.25, 0.3) is 0 Å². The van der Waals surface area contributed by atoms with Crippen LogP contribution in [-0.2, 0) is 6.42 Å². The first kappa shape index (κ1) is 16.0. The second kappa shape index (κ2) is 7.57. The van der Waals surface area contributed by atoms with E-state index in [2.05, 4.69) is 29.6 Å². The fraction of sp³-hybridized carbons (Fsp3) is 0.294. The second-order valence-electron chi connectivity index (χ2n) is 5.01. The van der Waals surface area contributed by atoms with Gasteiger partial charge in [0, 0.05) is 22.3 Å². The average molecular weight is 307 g/mol. The second-order valence-corrected chi connectivity index (χ2v) is 6.11. The van der Waals surface area contributed by atoms with Crippen molar-refractivity contribution in [2.75, 3.05) is 12.8 Å². The Labute approximate surface area is 128 Å². The molecular formula is C17H19F2NS. The molecule has 112 valence electrons. The molecule has 1 nitrogen and oxygen atoms in total. The number of rotatable bonds is 6. The summed E-state index contributed by atoms with van der Waals surface area (Å²) in [6, 6.07) is 12.3. The van der Waals surface area contributed by atoms with Crippen LogP contribution < -0.4 is 5.32 Å². The highest BCUT2D eigenvalue weighted by molar-refractivity contribution is 7.99. The highest BCUT2D eigenvalue weighted by atomic mass is 32.2. The molecule has 0 radical (unpaired) electrons. The molecule has 0 aliphatic heterocycles. The van der Waals surface area contributed by atoms with Crippen LogP contribution in [0, 0.1) is 18.6 Å². The van der Waals surface area contributed by atoms with Crippen LogP contribution >= 0.6 is 11.8 Å². The maximum atomic E-state index is 13.7. The third-order valence-corrected chi connectivity index (χ3v) is 4.57. The van der Waals surface area contributed by atoms with Crippen LogP contribution in [0.3, 0.4) is 0 Å². The fourth-order valence-electron chi connectivity index (χ4n) is 2.05. The van der Waals surface area contributed by atoms with E-state index in [0.29, 0.717) is 6.42 Å². The molecule has 0 saturated carbocycles. The van der Waals surface area contributed by atoms with Crippen molar-refractivity contribution in [2.24, 2.45) is 0 Å². The summed E-state index contributed by atoms with van der Waals surface area (Å²) in [6.45, 7) is 2.05. The summed E-state index contributed by atoms with van der Waals surface area (Å²) in [5, 5.41) is 3.13. The van der Waals surface area contributed by atoms with Gasteiger partial charge in [0.05, 0.1) is 0 Å².